The Morgan fingerprint density at radius 3 is 2.53 bits per heavy atom. The summed E-state index contributed by atoms with van der Waals surface area (Å²) in [6, 6.07) is 11.3. The van der Waals surface area contributed by atoms with Gasteiger partial charge in [0.15, 0.2) is 0 Å². The molecule has 0 fully saturated rings. The molecular weight excluding hydrogens is 280 g/mol. The smallest absolute Gasteiger partial charge is 0.310 e. The van der Waals surface area contributed by atoms with Crippen LogP contribution in [0.5, 0.6) is 0 Å². The minimum absolute atomic E-state index is 0.495. The number of hydrogen-bond donors (Lipinski definition) is 1. The Morgan fingerprint density at radius 2 is 2.00 bits per heavy atom. The SMILES string of the molecule is CC(C(=O)O)c1ccc(/C=C(\Cl)c2cccs2)cc1. The number of carbonyl (C=O) groups is 1. The van der Waals surface area contributed by atoms with E-state index < -0.39 is 11.9 Å². The van der Waals surface area contributed by atoms with Crippen molar-refractivity contribution in [2.75, 3.05) is 0 Å². The molecule has 98 valence electrons. The molecule has 0 aliphatic rings. The average molecular weight is 293 g/mol. The lowest BCUT2D eigenvalue weighted by molar-refractivity contribution is -0.138. The molecule has 1 N–H and O–H groups in total. The minimum atomic E-state index is -0.820. The second-order valence-electron chi connectivity index (χ2n) is 4.20. The molecule has 2 nitrogen and oxygen atoms in total. The monoisotopic (exact) mass is 292 g/mol. The summed E-state index contributed by atoms with van der Waals surface area (Å²) >= 11 is 7.80. The Hall–Kier alpha value is -1.58. The summed E-state index contributed by atoms with van der Waals surface area (Å²) in [6.45, 7) is 1.67. The van der Waals surface area contributed by atoms with Crippen LogP contribution in [0.2, 0.25) is 0 Å². The predicted octanol–water partition coefficient (Wildman–Crippen LogP) is 4.67. The van der Waals surface area contributed by atoms with Crippen LogP contribution in [0.3, 0.4) is 0 Å². The van der Waals surface area contributed by atoms with E-state index in [-0.39, 0.29) is 0 Å². The van der Waals surface area contributed by atoms with Gasteiger partial charge in [0.1, 0.15) is 0 Å². The second kappa shape index (κ2) is 6.04. The lowest BCUT2D eigenvalue weighted by Gasteiger charge is -2.06. The molecule has 0 bridgehead atoms. The molecule has 2 rings (SSSR count). The first-order chi connectivity index (χ1) is 9.08. The Morgan fingerprint density at radius 1 is 1.32 bits per heavy atom. The van der Waals surface area contributed by atoms with Crippen LogP contribution in [0.25, 0.3) is 11.1 Å². The Labute approximate surface area is 121 Å². The third-order valence-electron chi connectivity index (χ3n) is 2.86. The second-order valence-corrected chi connectivity index (χ2v) is 5.55. The maximum absolute atomic E-state index is 10.9. The fourth-order valence-electron chi connectivity index (χ4n) is 1.66. The topological polar surface area (TPSA) is 37.3 Å². The molecule has 1 atom stereocenters. The molecule has 0 radical (unpaired) electrons. The number of hydrogen-bond acceptors (Lipinski definition) is 2. The highest BCUT2D eigenvalue weighted by Crippen LogP contribution is 2.26. The van der Waals surface area contributed by atoms with Crippen molar-refractivity contribution in [3.05, 3.63) is 57.8 Å². The molecule has 2 aromatic rings. The van der Waals surface area contributed by atoms with Crippen molar-refractivity contribution in [3.8, 4) is 0 Å². The first-order valence-corrected chi connectivity index (χ1v) is 7.07. The highest BCUT2D eigenvalue weighted by Gasteiger charge is 2.12. The average Bonchev–Trinajstić information content (AvgIpc) is 2.92. The highest BCUT2D eigenvalue weighted by molar-refractivity contribution is 7.12. The summed E-state index contributed by atoms with van der Waals surface area (Å²) in [4.78, 5) is 11.9. The standard InChI is InChI=1S/C15H13ClO2S/c1-10(15(17)18)12-6-4-11(5-7-12)9-13(16)14-3-2-8-19-14/h2-10H,1H3,(H,17,18)/b13-9-. The van der Waals surface area contributed by atoms with Gasteiger partial charge in [-0.3, -0.25) is 4.79 Å². The number of aliphatic carboxylic acids is 1. The highest BCUT2D eigenvalue weighted by atomic mass is 35.5. The van der Waals surface area contributed by atoms with Crippen molar-refractivity contribution in [1.82, 2.24) is 0 Å². The fourth-order valence-corrected chi connectivity index (χ4v) is 2.61. The number of carboxylic acid groups (broad SMARTS) is 1. The van der Waals surface area contributed by atoms with Gasteiger partial charge in [-0.05, 0) is 35.6 Å². The van der Waals surface area contributed by atoms with E-state index in [1.807, 2.05) is 47.9 Å². The Balaban J connectivity index is 2.19. The van der Waals surface area contributed by atoms with Gasteiger partial charge in [0, 0.05) is 4.88 Å². The van der Waals surface area contributed by atoms with Crippen LogP contribution in [0, 0.1) is 0 Å². The first-order valence-electron chi connectivity index (χ1n) is 5.82. The summed E-state index contributed by atoms with van der Waals surface area (Å²) in [5.74, 6) is -1.31. The van der Waals surface area contributed by atoms with E-state index in [4.69, 9.17) is 16.7 Å². The molecule has 4 heteroatoms. The number of halogens is 1. The molecule has 0 saturated heterocycles. The summed E-state index contributed by atoms with van der Waals surface area (Å²) in [5.41, 5.74) is 1.75. The Bertz CT molecular complexity index is 585. The van der Waals surface area contributed by atoms with Crippen LogP contribution in [-0.2, 0) is 4.79 Å². The third kappa shape index (κ3) is 3.46. The molecule has 1 aromatic heterocycles. The molecule has 0 aliphatic heterocycles. The predicted molar refractivity (Wildman–Crippen MR) is 80.5 cm³/mol. The molecule has 0 saturated carbocycles. The normalized spacial score (nSPS) is 13.3. The van der Waals surface area contributed by atoms with Crippen LogP contribution in [0.4, 0.5) is 0 Å². The van der Waals surface area contributed by atoms with Crippen molar-refractivity contribution in [1.29, 1.82) is 0 Å². The number of benzene rings is 1. The van der Waals surface area contributed by atoms with Gasteiger partial charge < -0.3 is 5.11 Å². The minimum Gasteiger partial charge on any atom is -0.481 e. The van der Waals surface area contributed by atoms with Crippen molar-refractivity contribution in [2.45, 2.75) is 12.8 Å². The molecule has 0 amide bonds. The zero-order chi connectivity index (χ0) is 13.8. The van der Waals surface area contributed by atoms with Crippen molar-refractivity contribution in [3.63, 3.8) is 0 Å². The molecular formula is C15H13ClO2S. The van der Waals surface area contributed by atoms with Gasteiger partial charge in [-0.1, -0.05) is 41.9 Å². The molecule has 1 unspecified atom stereocenters. The zero-order valence-corrected chi connectivity index (χ0v) is 11.9. The van der Waals surface area contributed by atoms with Gasteiger partial charge in [-0.2, -0.15) is 0 Å². The van der Waals surface area contributed by atoms with Crippen molar-refractivity contribution >= 4 is 40.0 Å². The van der Waals surface area contributed by atoms with E-state index >= 15 is 0 Å². The van der Waals surface area contributed by atoms with Crippen molar-refractivity contribution < 1.29 is 9.90 Å². The van der Waals surface area contributed by atoms with Crippen LogP contribution in [0.15, 0.2) is 41.8 Å². The van der Waals surface area contributed by atoms with Gasteiger partial charge in [0.05, 0.1) is 11.0 Å². The number of carboxylic acids is 1. The quantitative estimate of drug-likeness (QED) is 0.889. The van der Waals surface area contributed by atoms with Crippen LogP contribution in [-0.4, -0.2) is 11.1 Å². The van der Waals surface area contributed by atoms with Crippen LogP contribution < -0.4 is 0 Å². The van der Waals surface area contributed by atoms with Gasteiger partial charge in [-0.25, -0.2) is 0 Å². The Kier molecular flexibility index (Phi) is 4.40. The molecule has 1 aromatic carbocycles. The van der Waals surface area contributed by atoms with Crippen LogP contribution in [0.1, 0.15) is 28.8 Å². The molecule has 0 aliphatic carbocycles. The zero-order valence-electron chi connectivity index (χ0n) is 10.3. The van der Waals surface area contributed by atoms with E-state index in [0.29, 0.717) is 5.03 Å². The fraction of sp³-hybridized carbons (Fsp3) is 0.133. The number of rotatable bonds is 4. The van der Waals surface area contributed by atoms with E-state index in [1.54, 1.807) is 18.3 Å². The lowest BCUT2D eigenvalue weighted by atomic mass is 10.00. The van der Waals surface area contributed by atoms with E-state index in [0.717, 1.165) is 16.0 Å². The van der Waals surface area contributed by atoms with E-state index in [2.05, 4.69) is 0 Å². The van der Waals surface area contributed by atoms with E-state index in [1.165, 1.54) is 0 Å². The summed E-state index contributed by atoms with van der Waals surface area (Å²) in [6.07, 6.45) is 1.88. The molecule has 1 heterocycles. The van der Waals surface area contributed by atoms with Gasteiger partial charge >= 0.3 is 5.97 Å². The van der Waals surface area contributed by atoms with E-state index in [9.17, 15) is 4.79 Å². The van der Waals surface area contributed by atoms with Gasteiger partial charge in [-0.15, -0.1) is 11.3 Å². The largest absolute Gasteiger partial charge is 0.481 e. The summed E-state index contributed by atoms with van der Waals surface area (Å²) < 4.78 is 0. The molecule has 0 spiro atoms. The van der Waals surface area contributed by atoms with Crippen molar-refractivity contribution in [2.24, 2.45) is 0 Å². The summed E-state index contributed by atoms with van der Waals surface area (Å²) in [7, 11) is 0. The maximum Gasteiger partial charge on any atom is 0.310 e. The van der Waals surface area contributed by atoms with Gasteiger partial charge in [0.2, 0.25) is 0 Å². The lowest BCUT2D eigenvalue weighted by Crippen LogP contribution is -2.06. The summed E-state index contributed by atoms with van der Waals surface area (Å²) in [5, 5.41) is 11.6. The maximum atomic E-state index is 10.9. The first kappa shape index (κ1) is 13.8. The molecule has 19 heavy (non-hydrogen) atoms. The third-order valence-corrected chi connectivity index (χ3v) is 4.18. The van der Waals surface area contributed by atoms with Crippen LogP contribution >= 0.6 is 22.9 Å². The van der Waals surface area contributed by atoms with Gasteiger partial charge in [0.25, 0.3) is 0 Å². The number of thiophene rings is 1.